The Morgan fingerprint density at radius 3 is 2.47 bits per heavy atom. The van der Waals surface area contributed by atoms with Crippen molar-refractivity contribution >= 4 is 15.9 Å². The molecule has 2 aliphatic rings. The van der Waals surface area contributed by atoms with Crippen LogP contribution in [-0.2, 0) is 34.3 Å². The molecule has 8 heteroatoms. The normalized spacial score (nSPS) is 17.7. The van der Waals surface area contributed by atoms with Crippen LogP contribution in [-0.4, -0.2) is 52.9 Å². The molecule has 1 amide bonds. The lowest BCUT2D eigenvalue weighted by atomic mass is 10.00. The molecule has 30 heavy (non-hydrogen) atoms. The standard InChI is InChI=1S/C22H30N4O3S/c1-17-22(30(28,29)25-12-6-3-7-13-25)18(2)26(23-17)15-11-21(27)24-14-10-19-8-4-5-9-20(19)16-24/h4-5,8-9H,3,6-7,10-16H2,1-2H3. The molecule has 0 unspecified atom stereocenters. The Labute approximate surface area is 178 Å². The van der Waals surface area contributed by atoms with Crippen LogP contribution in [0.4, 0.5) is 0 Å². The van der Waals surface area contributed by atoms with Crippen LogP contribution in [0.2, 0.25) is 0 Å². The van der Waals surface area contributed by atoms with Gasteiger partial charge >= 0.3 is 0 Å². The molecule has 0 saturated carbocycles. The number of nitrogens with zero attached hydrogens (tertiary/aromatic N) is 4. The number of piperidine rings is 1. The number of carbonyl (C=O) groups excluding carboxylic acids is 1. The van der Waals surface area contributed by atoms with E-state index in [1.54, 1.807) is 22.8 Å². The highest BCUT2D eigenvalue weighted by Crippen LogP contribution is 2.26. The lowest BCUT2D eigenvalue weighted by molar-refractivity contribution is -0.132. The Bertz CT molecular complexity index is 1040. The Balaban J connectivity index is 1.45. The molecule has 0 N–H and O–H groups in total. The van der Waals surface area contributed by atoms with E-state index in [9.17, 15) is 13.2 Å². The summed E-state index contributed by atoms with van der Waals surface area (Å²) >= 11 is 0. The van der Waals surface area contributed by atoms with Crippen molar-refractivity contribution in [2.24, 2.45) is 0 Å². The van der Waals surface area contributed by atoms with Crippen LogP contribution < -0.4 is 0 Å². The fourth-order valence-electron chi connectivity index (χ4n) is 4.57. The van der Waals surface area contributed by atoms with Gasteiger partial charge in [0.15, 0.2) is 0 Å². The van der Waals surface area contributed by atoms with Gasteiger partial charge in [-0.05, 0) is 44.2 Å². The number of hydrogen-bond donors (Lipinski definition) is 0. The largest absolute Gasteiger partial charge is 0.338 e. The minimum absolute atomic E-state index is 0.0810. The van der Waals surface area contributed by atoms with Gasteiger partial charge in [0.2, 0.25) is 15.9 Å². The summed E-state index contributed by atoms with van der Waals surface area (Å²) in [6.07, 6.45) is 4.07. The van der Waals surface area contributed by atoms with E-state index in [1.807, 2.05) is 17.0 Å². The maximum absolute atomic E-state index is 13.1. The molecule has 2 aliphatic heterocycles. The summed E-state index contributed by atoms with van der Waals surface area (Å²) in [5.74, 6) is 0.0810. The summed E-state index contributed by atoms with van der Waals surface area (Å²) in [6, 6.07) is 8.24. The first-order valence-electron chi connectivity index (χ1n) is 10.8. The van der Waals surface area contributed by atoms with Crippen molar-refractivity contribution in [3.63, 3.8) is 0 Å². The first-order valence-corrected chi connectivity index (χ1v) is 12.2. The number of rotatable bonds is 5. The first-order chi connectivity index (χ1) is 14.4. The predicted octanol–water partition coefficient (Wildman–Crippen LogP) is 2.65. The van der Waals surface area contributed by atoms with Crippen LogP contribution in [0, 0.1) is 13.8 Å². The SMILES string of the molecule is Cc1nn(CCC(=O)N2CCc3ccccc3C2)c(C)c1S(=O)(=O)N1CCCCC1. The molecule has 162 valence electrons. The molecular weight excluding hydrogens is 400 g/mol. The van der Waals surface area contributed by atoms with Gasteiger partial charge in [-0.1, -0.05) is 30.7 Å². The third kappa shape index (κ3) is 4.03. The van der Waals surface area contributed by atoms with Crippen LogP contribution >= 0.6 is 0 Å². The van der Waals surface area contributed by atoms with Gasteiger partial charge in [0, 0.05) is 32.6 Å². The minimum atomic E-state index is -3.54. The molecule has 2 aromatic rings. The molecule has 0 radical (unpaired) electrons. The smallest absolute Gasteiger partial charge is 0.246 e. The van der Waals surface area contributed by atoms with Crippen LogP contribution in [0.25, 0.3) is 0 Å². The van der Waals surface area contributed by atoms with E-state index in [0.29, 0.717) is 48.9 Å². The number of hydrogen-bond acceptors (Lipinski definition) is 4. The molecule has 4 rings (SSSR count). The third-order valence-electron chi connectivity index (χ3n) is 6.25. The number of benzene rings is 1. The third-order valence-corrected chi connectivity index (χ3v) is 8.40. The highest BCUT2D eigenvalue weighted by atomic mass is 32.2. The summed E-state index contributed by atoms with van der Waals surface area (Å²) in [7, 11) is -3.54. The molecule has 0 bridgehead atoms. The summed E-state index contributed by atoms with van der Waals surface area (Å²) in [5, 5.41) is 4.46. The van der Waals surface area contributed by atoms with Gasteiger partial charge in [-0.3, -0.25) is 9.48 Å². The van der Waals surface area contributed by atoms with E-state index >= 15 is 0 Å². The Morgan fingerprint density at radius 1 is 1.03 bits per heavy atom. The van der Waals surface area contributed by atoms with E-state index in [2.05, 4.69) is 17.2 Å². The molecule has 3 heterocycles. The fraction of sp³-hybridized carbons (Fsp3) is 0.545. The molecular formula is C22H30N4O3S. The van der Waals surface area contributed by atoms with Crippen molar-refractivity contribution in [1.29, 1.82) is 0 Å². The van der Waals surface area contributed by atoms with E-state index in [0.717, 1.165) is 32.2 Å². The Morgan fingerprint density at radius 2 is 1.73 bits per heavy atom. The summed E-state index contributed by atoms with van der Waals surface area (Å²) in [4.78, 5) is 15.0. The zero-order valence-electron chi connectivity index (χ0n) is 17.8. The Hall–Kier alpha value is -2.19. The minimum Gasteiger partial charge on any atom is -0.338 e. The van der Waals surface area contributed by atoms with Crippen molar-refractivity contribution < 1.29 is 13.2 Å². The van der Waals surface area contributed by atoms with Gasteiger partial charge in [0.25, 0.3) is 0 Å². The van der Waals surface area contributed by atoms with Crippen molar-refractivity contribution in [2.45, 2.75) is 63.9 Å². The number of fused-ring (bicyclic) bond motifs is 1. The molecule has 1 aromatic carbocycles. The lowest BCUT2D eigenvalue weighted by Crippen LogP contribution is -2.36. The van der Waals surface area contributed by atoms with Gasteiger partial charge in [-0.25, -0.2) is 8.42 Å². The number of aromatic nitrogens is 2. The van der Waals surface area contributed by atoms with Crippen LogP contribution in [0.5, 0.6) is 0 Å². The molecule has 1 aromatic heterocycles. The number of carbonyl (C=O) groups is 1. The van der Waals surface area contributed by atoms with E-state index < -0.39 is 10.0 Å². The second-order valence-electron chi connectivity index (χ2n) is 8.27. The van der Waals surface area contributed by atoms with Crippen molar-refractivity contribution in [2.75, 3.05) is 19.6 Å². The summed E-state index contributed by atoms with van der Waals surface area (Å²) in [5.41, 5.74) is 3.65. The van der Waals surface area contributed by atoms with Crippen LogP contribution in [0.1, 0.15) is 48.2 Å². The zero-order valence-corrected chi connectivity index (χ0v) is 18.6. The van der Waals surface area contributed by atoms with E-state index in [1.165, 1.54) is 11.1 Å². The molecule has 1 fully saturated rings. The van der Waals surface area contributed by atoms with Gasteiger partial charge in [-0.15, -0.1) is 0 Å². The average Bonchev–Trinajstić information content (AvgIpc) is 3.05. The highest BCUT2D eigenvalue weighted by molar-refractivity contribution is 7.89. The monoisotopic (exact) mass is 430 g/mol. The van der Waals surface area contributed by atoms with E-state index in [4.69, 9.17) is 0 Å². The quantitative estimate of drug-likeness (QED) is 0.731. The first kappa shape index (κ1) is 21.1. The number of sulfonamides is 1. The molecule has 0 atom stereocenters. The molecule has 0 spiro atoms. The molecule has 1 saturated heterocycles. The lowest BCUT2D eigenvalue weighted by Gasteiger charge is -2.29. The van der Waals surface area contributed by atoms with Gasteiger partial charge in [0.1, 0.15) is 4.90 Å². The average molecular weight is 431 g/mol. The topological polar surface area (TPSA) is 75.5 Å². The second kappa shape index (κ2) is 8.51. The van der Waals surface area contributed by atoms with Crippen molar-refractivity contribution in [3.8, 4) is 0 Å². The van der Waals surface area contributed by atoms with Crippen molar-refractivity contribution in [1.82, 2.24) is 19.0 Å². The number of amides is 1. The Kier molecular flexibility index (Phi) is 5.97. The maximum Gasteiger partial charge on any atom is 0.246 e. The molecule has 0 aliphatic carbocycles. The van der Waals surface area contributed by atoms with Crippen molar-refractivity contribution in [3.05, 3.63) is 46.8 Å². The van der Waals surface area contributed by atoms with E-state index in [-0.39, 0.29) is 5.91 Å². The summed E-state index contributed by atoms with van der Waals surface area (Å²) in [6.45, 7) is 6.42. The summed E-state index contributed by atoms with van der Waals surface area (Å²) < 4.78 is 29.5. The van der Waals surface area contributed by atoms with Crippen LogP contribution in [0.15, 0.2) is 29.2 Å². The van der Waals surface area contributed by atoms with Gasteiger partial charge < -0.3 is 4.90 Å². The van der Waals surface area contributed by atoms with Gasteiger partial charge in [0.05, 0.1) is 17.9 Å². The fourth-order valence-corrected chi connectivity index (χ4v) is 6.46. The van der Waals surface area contributed by atoms with Crippen LogP contribution in [0.3, 0.4) is 0 Å². The zero-order chi connectivity index (χ0) is 21.3. The maximum atomic E-state index is 13.1. The second-order valence-corrected chi connectivity index (χ2v) is 10.1. The number of aryl methyl sites for hydroxylation is 2. The predicted molar refractivity (Wildman–Crippen MR) is 114 cm³/mol. The molecule has 7 nitrogen and oxygen atoms in total. The van der Waals surface area contributed by atoms with Gasteiger partial charge in [-0.2, -0.15) is 9.40 Å². The highest BCUT2D eigenvalue weighted by Gasteiger charge is 2.32.